The molecule has 90 valence electrons. The number of aromatic nitrogens is 1. The second-order valence-electron chi connectivity index (χ2n) is 2.83. The number of carboxylic acid groups (broad SMARTS) is 1. The van der Waals surface area contributed by atoms with Gasteiger partial charge in [0.1, 0.15) is 0 Å². The number of oxazole rings is 1. The maximum atomic E-state index is 12.3. The summed E-state index contributed by atoms with van der Waals surface area (Å²) in [6, 6.07) is 0. The monoisotopic (exact) mass is 239 g/mol. The Bertz CT molecular complexity index is 385. The molecule has 8 heteroatoms. The molecule has 1 aromatic heterocycles. The molecule has 0 saturated carbocycles. The maximum Gasteiger partial charge on any atom is 0.437 e. The number of carboxylic acids is 1. The average Bonchev–Trinajstić information content (AvgIpc) is 2.58. The molecule has 0 radical (unpaired) electrons. The minimum atomic E-state index is -4.84. The number of hydrogen-bond donors (Lipinski definition) is 1. The summed E-state index contributed by atoms with van der Waals surface area (Å²) in [5, 5.41) is 8.50. The highest BCUT2D eigenvalue weighted by Crippen LogP contribution is 2.31. The first-order chi connectivity index (χ1) is 7.36. The van der Waals surface area contributed by atoms with E-state index in [0.29, 0.717) is 0 Å². The summed E-state index contributed by atoms with van der Waals surface area (Å²) in [5.74, 6) is -3.31. The first-order valence-corrected chi connectivity index (χ1v) is 4.15. The molecule has 0 aliphatic carbocycles. The van der Waals surface area contributed by atoms with Gasteiger partial charge in [-0.05, 0) is 0 Å². The number of hydrogen-bond acceptors (Lipinski definition) is 4. The Morgan fingerprint density at radius 2 is 2.19 bits per heavy atom. The summed E-state index contributed by atoms with van der Waals surface area (Å²) in [5.41, 5.74) is -1.52. The van der Waals surface area contributed by atoms with Crippen LogP contribution in [0.15, 0.2) is 4.42 Å². The molecular weight excluding hydrogens is 231 g/mol. The lowest BCUT2D eigenvalue weighted by Crippen LogP contribution is -2.11. The van der Waals surface area contributed by atoms with E-state index in [2.05, 4.69) is 14.1 Å². The summed E-state index contributed by atoms with van der Waals surface area (Å²) in [4.78, 5) is 13.6. The van der Waals surface area contributed by atoms with Crippen molar-refractivity contribution in [3.05, 3.63) is 17.3 Å². The maximum absolute atomic E-state index is 12.3. The van der Waals surface area contributed by atoms with Crippen molar-refractivity contribution in [2.75, 3.05) is 13.7 Å². The summed E-state index contributed by atoms with van der Waals surface area (Å²) < 4.78 is 46.1. The first kappa shape index (κ1) is 12.5. The number of methoxy groups -OCH3 is 1. The van der Waals surface area contributed by atoms with Gasteiger partial charge < -0.3 is 14.3 Å². The number of rotatable bonds is 4. The molecule has 0 amide bonds. The summed E-state index contributed by atoms with van der Waals surface area (Å²) in [6.07, 6.45) is -4.87. The van der Waals surface area contributed by atoms with Gasteiger partial charge in [-0.3, -0.25) is 0 Å². The molecule has 0 bridgehead atoms. The fourth-order valence-electron chi connectivity index (χ4n) is 0.998. The number of ether oxygens (including phenoxy) is 1. The molecule has 1 rings (SSSR count). The number of halogens is 3. The van der Waals surface area contributed by atoms with Crippen LogP contribution in [0.1, 0.15) is 22.1 Å². The number of carbonyl (C=O) groups is 1. The Balaban J connectivity index is 3.06. The zero-order valence-electron chi connectivity index (χ0n) is 8.17. The van der Waals surface area contributed by atoms with Gasteiger partial charge in [0.25, 0.3) is 0 Å². The van der Waals surface area contributed by atoms with Crippen LogP contribution in [-0.2, 0) is 17.3 Å². The highest BCUT2D eigenvalue weighted by atomic mass is 19.4. The number of aromatic carboxylic acids is 1. The molecule has 16 heavy (non-hydrogen) atoms. The molecule has 1 N–H and O–H groups in total. The third-order valence-corrected chi connectivity index (χ3v) is 1.65. The van der Waals surface area contributed by atoms with Gasteiger partial charge in [0.2, 0.25) is 5.76 Å². The fourth-order valence-corrected chi connectivity index (χ4v) is 0.998. The highest BCUT2D eigenvalue weighted by molar-refractivity contribution is 5.85. The molecule has 0 aliphatic rings. The normalized spacial score (nSPS) is 11.8. The van der Waals surface area contributed by atoms with Crippen molar-refractivity contribution >= 4 is 5.97 Å². The Morgan fingerprint density at radius 1 is 1.56 bits per heavy atom. The van der Waals surface area contributed by atoms with E-state index >= 15 is 0 Å². The molecular formula is C8H8F3NO4. The van der Waals surface area contributed by atoms with E-state index in [1.165, 1.54) is 7.11 Å². The Labute approximate surface area is 87.8 Å². The molecule has 0 aromatic carbocycles. The predicted octanol–water partition coefficient (Wildman–Crippen LogP) is 1.58. The van der Waals surface area contributed by atoms with Crippen LogP contribution in [0.5, 0.6) is 0 Å². The van der Waals surface area contributed by atoms with Crippen LogP contribution in [0.25, 0.3) is 0 Å². The quantitative estimate of drug-likeness (QED) is 0.863. The van der Waals surface area contributed by atoms with E-state index in [4.69, 9.17) is 5.11 Å². The van der Waals surface area contributed by atoms with Crippen LogP contribution in [0.2, 0.25) is 0 Å². The van der Waals surface area contributed by atoms with Crippen molar-refractivity contribution in [1.29, 1.82) is 0 Å². The second-order valence-corrected chi connectivity index (χ2v) is 2.83. The Morgan fingerprint density at radius 3 is 2.56 bits per heavy atom. The van der Waals surface area contributed by atoms with Crippen molar-refractivity contribution in [2.45, 2.75) is 12.6 Å². The van der Waals surface area contributed by atoms with Crippen LogP contribution in [0.4, 0.5) is 13.2 Å². The minimum absolute atomic E-state index is 0.0210. The SMILES string of the molecule is COCCc1nc(C(F)(F)F)c(C(=O)O)o1. The van der Waals surface area contributed by atoms with Gasteiger partial charge >= 0.3 is 12.1 Å². The molecule has 0 saturated heterocycles. The van der Waals surface area contributed by atoms with Gasteiger partial charge in [0.05, 0.1) is 6.61 Å². The molecule has 1 heterocycles. The van der Waals surface area contributed by atoms with Crippen molar-refractivity contribution in [2.24, 2.45) is 0 Å². The van der Waals surface area contributed by atoms with Crippen molar-refractivity contribution in [3.8, 4) is 0 Å². The standard InChI is InChI=1S/C8H8F3NO4/c1-15-3-2-4-12-6(8(9,10)11)5(16-4)7(13)14/h2-3H2,1H3,(H,13,14). The molecule has 0 spiro atoms. The predicted molar refractivity (Wildman–Crippen MR) is 44.0 cm³/mol. The van der Waals surface area contributed by atoms with E-state index in [1.54, 1.807) is 0 Å². The summed E-state index contributed by atoms with van der Waals surface area (Å²) >= 11 is 0. The lowest BCUT2D eigenvalue weighted by atomic mass is 10.3. The van der Waals surface area contributed by atoms with Crippen molar-refractivity contribution in [3.63, 3.8) is 0 Å². The van der Waals surface area contributed by atoms with E-state index in [-0.39, 0.29) is 18.9 Å². The topological polar surface area (TPSA) is 72.6 Å². The molecule has 0 fully saturated rings. The van der Waals surface area contributed by atoms with Gasteiger partial charge in [-0.2, -0.15) is 13.2 Å². The smallest absolute Gasteiger partial charge is 0.437 e. The molecule has 0 aliphatic heterocycles. The van der Waals surface area contributed by atoms with Crippen molar-refractivity contribution in [1.82, 2.24) is 4.98 Å². The van der Waals surface area contributed by atoms with Gasteiger partial charge in [-0.25, -0.2) is 9.78 Å². The second kappa shape index (κ2) is 4.52. The number of alkyl halides is 3. The zero-order chi connectivity index (χ0) is 12.3. The van der Waals surface area contributed by atoms with Gasteiger partial charge in [-0.15, -0.1) is 0 Å². The lowest BCUT2D eigenvalue weighted by Gasteiger charge is -2.00. The molecule has 1 aromatic rings. The largest absolute Gasteiger partial charge is 0.475 e. The van der Waals surface area contributed by atoms with Gasteiger partial charge in [-0.1, -0.05) is 0 Å². The van der Waals surface area contributed by atoms with Crippen LogP contribution < -0.4 is 0 Å². The molecule has 5 nitrogen and oxygen atoms in total. The van der Waals surface area contributed by atoms with Crippen molar-refractivity contribution < 1.29 is 32.2 Å². The third kappa shape index (κ3) is 2.72. The average molecular weight is 239 g/mol. The van der Waals surface area contributed by atoms with E-state index < -0.39 is 23.6 Å². The Hall–Kier alpha value is -1.57. The van der Waals surface area contributed by atoms with E-state index in [9.17, 15) is 18.0 Å². The summed E-state index contributed by atoms with van der Waals surface area (Å²) in [6.45, 7) is 0.0941. The fraction of sp³-hybridized carbons (Fsp3) is 0.500. The molecule has 0 atom stereocenters. The summed E-state index contributed by atoms with van der Waals surface area (Å²) in [7, 11) is 1.35. The van der Waals surface area contributed by atoms with Crippen LogP contribution in [-0.4, -0.2) is 29.8 Å². The molecule has 0 unspecified atom stereocenters. The van der Waals surface area contributed by atoms with E-state index in [1.807, 2.05) is 0 Å². The zero-order valence-corrected chi connectivity index (χ0v) is 8.17. The number of nitrogens with zero attached hydrogens (tertiary/aromatic N) is 1. The lowest BCUT2D eigenvalue weighted by molar-refractivity contribution is -0.141. The van der Waals surface area contributed by atoms with Gasteiger partial charge in [0, 0.05) is 13.5 Å². The highest BCUT2D eigenvalue weighted by Gasteiger charge is 2.41. The Kier molecular flexibility index (Phi) is 3.53. The van der Waals surface area contributed by atoms with Gasteiger partial charge in [0.15, 0.2) is 11.6 Å². The third-order valence-electron chi connectivity index (χ3n) is 1.65. The van der Waals surface area contributed by atoms with E-state index in [0.717, 1.165) is 0 Å². The van der Waals surface area contributed by atoms with Crippen LogP contribution in [0.3, 0.4) is 0 Å². The van der Waals surface area contributed by atoms with Crippen LogP contribution >= 0.6 is 0 Å². The first-order valence-electron chi connectivity index (χ1n) is 4.15. The minimum Gasteiger partial charge on any atom is -0.475 e. The van der Waals surface area contributed by atoms with Crippen LogP contribution in [0, 0.1) is 0 Å².